The van der Waals surface area contributed by atoms with Crippen molar-refractivity contribution in [2.75, 3.05) is 25.0 Å². The van der Waals surface area contributed by atoms with Crippen LogP contribution in [0.3, 0.4) is 0 Å². The van der Waals surface area contributed by atoms with E-state index in [9.17, 15) is 13.2 Å². The van der Waals surface area contributed by atoms with Crippen molar-refractivity contribution in [1.29, 1.82) is 0 Å². The predicted molar refractivity (Wildman–Crippen MR) is 102 cm³/mol. The maximum Gasteiger partial charge on any atom is 0.261 e. The van der Waals surface area contributed by atoms with E-state index in [2.05, 4.69) is 10.0 Å². The third-order valence-corrected chi connectivity index (χ3v) is 5.36. The van der Waals surface area contributed by atoms with Crippen molar-refractivity contribution in [3.05, 3.63) is 59.2 Å². The van der Waals surface area contributed by atoms with E-state index < -0.39 is 10.0 Å². The summed E-state index contributed by atoms with van der Waals surface area (Å²) >= 11 is 0. The zero-order chi connectivity index (χ0) is 19.2. The van der Waals surface area contributed by atoms with E-state index in [-0.39, 0.29) is 10.8 Å². The van der Waals surface area contributed by atoms with E-state index in [1.54, 1.807) is 7.11 Å². The summed E-state index contributed by atoms with van der Waals surface area (Å²) in [6.07, 6.45) is 0.722. The van der Waals surface area contributed by atoms with Gasteiger partial charge in [-0.15, -0.1) is 0 Å². The lowest BCUT2D eigenvalue weighted by Gasteiger charge is -2.14. The van der Waals surface area contributed by atoms with Crippen molar-refractivity contribution in [2.45, 2.75) is 25.2 Å². The van der Waals surface area contributed by atoms with Crippen LogP contribution in [0.15, 0.2) is 47.4 Å². The summed E-state index contributed by atoms with van der Waals surface area (Å²) in [6.45, 7) is 4.65. The molecule has 0 bridgehead atoms. The molecule has 2 aromatic rings. The van der Waals surface area contributed by atoms with E-state index >= 15 is 0 Å². The van der Waals surface area contributed by atoms with E-state index in [1.165, 1.54) is 24.3 Å². The molecule has 0 unspecified atom stereocenters. The molecule has 0 saturated carbocycles. The molecule has 0 aliphatic rings. The van der Waals surface area contributed by atoms with Crippen LogP contribution in [0.25, 0.3) is 0 Å². The normalized spacial score (nSPS) is 11.2. The van der Waals surface area contributed by atoms with Gasteiger partial charge < -0.3 is 10.1 Å². The summed E-state index contributed by atoms with van der Waals surface area (Å²) in [5.74, 6) is -0.272. The Hall–Kier alpha value is -2.38. The van der Waals surface area contributed by atoms with Gasteiger partial charge in [-0.2, -0.15) is 0 Å². The van der Waals surface area contributed by atoms with E-state index in [0.29, 0.717) is 24.4 Å². The number of nitrogens with one attached hydrogen (secondary N) is 2. The number of anilines is 1. The molecule has 0 aromatic heterocycles. The molecule has 0 saturated heterocycles. The van der Waals surface area contributed by atoms with Crippen LogP contribution in [-0.4, -0.2) is 34.6 Å². The number of hydrogen-bond acceptors (Lipinski definition) is 4. The SMILES string of the molecule is CCc1cccc(C)c1NS(=O)(=O)c1ccc(C(=O)NCCOC)cc1. The number of benzene rings is 2. The Balaban J connectivity index is 2.19. The Morgan fingerprint density at radius 2 is 1.81 bits per heavy atom. The molecule has 1 amide bonds. The summed E-state index contributed by atoms with van der Waals surface area (Å²) in [7, 11) is -2.18. The van der Waals surface area contributed by atoms with Gasteiger partial charge >= 0.3 is 0 Å². The minimum Gasteiger partial charge on any atom is -0.383 e. The number of hydrogen-bond donors (Lipinski definition) is 2. The second-order valence-corrected chi connectivity index (χ2v) is 7.52. The smallest absolute Gasteiger partial charge is 0.261 e. The van der Waals surface area contributed by atoms with Crippen molar-refractivity contribution in [3.8, 4) is 0 Å². The summed E-state index contributed by atoms with van der Waals surface area (Å²) in [5.41, 5.74) is 2.80. The van der Waals surface area contributed by atoms with Crippen LogP contribution in [0.2, 0.25) is 0 Å². The fraction of sp³-hybridized carbons (Fsp3) is 0.316. The van der Waals surface area contributed by atoms with E-state index in [4.69, 9.17) is 4.74 Å². The van der Waals surface area contributed by atoms with Crippen LogP contribution in [0, 0.1) is 6.92 Å². The first kappa shape index (κ1) is 19.9. The fourth-order valence-electron chi connectivity index (χ4n) is 2.52. The summed E-state index contributed by atoms with van der Waals surface area (Å²) in [4.78, 5) is 12.1. The first-order chi connectivity index (χ1) is 12.4. The number of para-hydroxylation sites is 1. The topological polar surface area (TPSA) is 84.5 Å². The Morgan fingerprint density at radius 3 is 2.42 bits per heavy atom. The number of ether oxygens (including phenoxy) is 1. The van der Waals surface area contributed by atoms with Gasteiger partial charge in [-0.1, -0.05) is 25.1 Å². The maximum atomic E-state index is 12.7. The van der Waals surface area contributed by atoms with Crippen molar-refractivity contribution >= 4 is 21.6 Å². The van der Waals surface area contributed by atoms with Crippen molar-refractivity contribution < 1.29 is 17.9 Å². The molecule has 0 atom stereocenters. The monoisotopic (exact) mass is 376 g/mol. The standard InChI is InChI=1S/C19H24N2O4S/c1-4-15-7-5-6-14(2)18(15)21-26(23,24)17-10-8-16(9-11-17)19(22)20-12-13-25-3/h5-11,21H,4,12-13H2,1-3H3,(H,20,22). The Morgan fingerprint density at radius 1 is 1.12 bits per heavy atom. The fourth-order valence-corrected chi connectivity index (χ4v) is 3.69. The van der Waals surface area contributed by atoms with E-state index in [0.717, 1.165) is 17.5 Å². The summed E-state index contributed by atoms with van der Waals surface area (Å²) < 4.78 is 32.9. The minimum absolute atomic E-state index is 0.108. The Kier molecular flexibility index (Phi) is 6.76. The van der Waals surface area contributed by atoms with E-state index in [1.807, 2.05) is 32.0 Å². The van der Waals surface area contributed by atoms with Crippen LogP contribution in [0.4, 0.5) is 5.69 Å². The second kappa shape index (κ2) is 8.82. The Bertz CT molecular complexity index is 862. The molecule has 2 aromatic carbocycles. The first-order valence-electron chi connectivity index (χ1n) is 8.37. The molecule has 2 N–H and O–H groups in total. The highest BCUT2D eigenvalue weighted by Crippen LogP contribution is 2.24. The van der Waals surface area contributed by atoms with Gasteiger partial charge in [0, 0.05) is 19.2 Å². The number of sulfonamides is 1. The Labute approximate surface area is 154 Å². The number of amides is 1. The van der Waals surface area contributed by atoms with Crippen LogP contribution in [0.1, 0.15) is 28.4 Å². The van der Waals surface area contributed by atoms with Gasteiger partial charge in [0.25, 0.3) is 15.9 Å². The van der Waals surface area contributed by atoms with Crippen molar-refractivity contribution in [1.82, 2.24) is 5.32 Å². The van der Waals surface area contributed by atoms with Gasteiger partial charge in [-0.25, -0.2) is 8.42 Å². The van der Waals surface area contributed by atoms with Gasteiger partial charge in [0.15, 0.2) is 0 Å². The highest BCUT2D eigenvalue weighted by atomic mass is 32.2. The van der Waals surface area contributed by atoms with Crippen LogP contribution < -0.4 is 10.0 Å². The number of carbonyl (C=O) groups excluding carboxylic acids is 1. The summed E-state index contributed by atoms with van der Waals surface area (Å²) in [6, 6.07) is 11.5. The first-order valence-corrected chi connectivity index (χ1v) is 9.86. The molecule has 140 valence electrons. The number of aryl methyl sites for hydroxylation is 2. The van der Waals surface area contributed by atoms with Crippen LogP contribution in [0.5, 0.6) is 0 Å². The average Bonchev–Trinajstić information content (AvgIpc) is 2.63. The van der Waals surface area contributed by atoms with Crippen LogP contribution in [-0.2, 0) is 21.2 Å². The zero-order valence-corrected chi connectivity index (χ0v) is 16.0. The third-order valence-electron chi connectivity index (χ3n) is 3.99. The van der Waals surface area contributed by atoms with Gasteiger partial charge in [-0.3, -0.25) is 9.52 Å². The molecular formula is C19H24N2O4S. The number of methoxy groups -OCH3 is 1. The second-order valence-electron chi connectivity index (χ2n) is 5.84. The highest BCUT2D eigenvalue weighted by Gasteiger charge is 2.17. The molecule has 26 heavy (non-hydrogen) atoms. The molecule has 0 aliphatic heterocycles. The van der Waals surface area contributed by atoms with Gasteiger partial charge in [0.1, 0.15) is 0 Å². The van der Waals surface area contributed by atoms with Gasteiger partial charge in [0.05, 0.1) is 17.2 Å². The predicted octanol–water partition coefficient (Wildman–Crippen LogP) is 2.73. The van der Waals surface area contributed by atoms with Crippen molar-refractivity contribution in [2.24, 2.45) is 0 Å². The molecule has 0 fully saturated rings. The molecule has 7 heteroatoms. The molecular weight excluding hydrogens is 352 g/mol. The van der Waals surface area contributed by atoms with Crippen LogP contribution >= 0.6 is 0 Å². The molecule has 0 spiro atoms. The maximum absolute atomic E-state index is 12.7. The zero-order valence-electron chi connectivity index (χ0n) is 15.2. The largest absolute Gasteiger partial charge is 0.383 e. The quantitative estimate of drug-likeness (QED) is 0.694. The number of rotatable bonds is 8. The highest BCUT2D eigenvalue weighted by molar-refractivity contribution is 7.92. The molecule has 0 radical (unpaired) electrons. The average molecular weight is 376 g/mol. The van der Waals surface area contributed by atoms with Gasteiger partial charge in [0.2, 0.25) is 0 Å². The lowest BCUT2D eigenvalue weighted by atomic mass is 10.1. The lowest BCUT2D eigenvalue weighted by molar-refractivity contribution is 0.0937. The molecule has 0 heterocycles. The molecule has 6 nitrogen and oxygen atoms in total. The third kappa shape index (κ3) is 4.83. The summed E-state index contributed by atoms with van der Waals surface area (Å²) in [5, 5.41) is 2.69. The molecule has 2 rings (SSSR count). The lowest BCUT2D eigenvalue weighted by Crippen LogP contribution is -2.27. The van der Waals surface area contributed by atoms with Crippen molar-refractivity contribution in [3.63, 3.8) is 0 Å². The molecule has 0 aliphatic carbocycles. The number of carbonyl (C=O) groups is 1. The minimum atomic E-state index is -3.73. The van der Waals surface area contributed by atoms with Gasteiger partial charge in [-0.05, 0) is 48.7 Å².